The van der Waals surface area contributed by atoms with Crippen LogP contribution in [0.3, 0.4) is 0 Å². The van der Waals surface area contributed by atoms with Crippen molar-refractivity contribution >= 4 is 22.6 Å². The molecular weight excluding hydrogens is 203 g/mol. The highest BCUT2D eigenvalue weighted by Gasteiger charge is 1.95. The predicted octanol–water partition coefficient (Wildman–Crippen LogP) is 1.58. The van der Waals surface area contributed by atoms with Gasteiger partial charge in [0.05, 0.1) is 6.10 Å². The molecule has 0 aliphatic carbocycles. The molecule has 0 aromatic carbocycles. The molecule has 0 spiro atoms. The minimum atomic E-state index is -0.0584. The summed E-state index contributed by atoms with van der Waals surface area (Å²) in [5, 5.41) is 8.85. The summed E-state index contributed by atoms with van der Waals surface area (Å²) in [4.78, 5) is 0. The van der Waals surface area contributed by atoms with Gasteiger partial charge in [-0.25, -0.2) is 0 Å². The first kappa shape index (κ1) is 7.69. The average Bonchev–Trinajstić information content (AvgIpc) is 1.68. The standard InChI is InChI=1S/C5H11IO/c1-2-5(7)3-4-6/h5,7H,2-4H2,1H3. The highest BCUT2D eigenvalue weighted by molar-refractivity contribution is 14.1. The van der Waals surface area contributed by atoms with E-state index in [1.807, 2.05) is 6.92 Å². The third-order valence-corrected chi connectivity index (χ3v) is 1.54. The summed E-state index contributed by atoms with van der Waals surface area (Å²) in [6.07, 6.45) is 1.77. The lowest BCUT2D eigenvalue weighted by Gasteiger charge is -2.01. The van der Waals surface area contributed by atoms with Crippen molar-refractivity contribution in [1.29, 1.82) is 0 Å². The summed E-state index contributed by atoms with van der Waals surface area (Å²) in [6.45, 7) is 2.00. The van der Waals surface area contributed by atoms with Gasteiger partial charge in [-0.2, -0.15) is 0 Å². The van der Waals surface area contributed by atoms with Gasteiger partial charge < -0.3 is 5.11 Å². The number of aliphatic hydroxyl groups is 1. The molecule has 0 saturated carbocycles. The van der Waals surface area contributed by atoms with Crippen LogP contribution in [0.2, 0.25) is 0 Å². The molecule has 44 valence electrons. The summed E-state index contributed by atoms with van der Waals surface area (Å²) in [7, 11) is 0. The predicted molar refractivity (Wildman–Crippen MR) is 39.8 cm³/mol. The second-order valence-electron chi connectivity index (χ2n) is 1.54. The third kappa shape index (κ3) is 4.55. The molecule has 0 aliphatic rings. The Hall–Kier alpha value is 0.690. The van der Waals surface area contributed by atoms with Crippen LogP contribution in [0.15, 0.2) is 0 Å². The number of halogens is 1. The van der Waals surface area contributed by atoms with Crippen LogP contribution in [0.5, 0.6) is 0 Å². The Kier molecular flexibility index (Phi) is 5.32. The molecule has 0 radical (unpaired) electrons. The summed E-state index contributed by atoms with van der Waals surface area (Å²) in [5.41, 5.74) is 0. The van der Waals surface area contributed by atoms with Crippen molar-refractivity contribution in [2.24, 2.45) is 0 Å². The Labute approximate surface area is 58.3 Å². The molecule has 0 amide bonds. The van der Waals surface area contributed by atoms with Gasteiger partial charge in [0.1, 0.15) is 0 Å². The molecule has 7 heavy (non-hydrogen) atoms. The molecule has 0 fully saturated rings. The zero-order chi connectivity index (χ0) is 5.70. The fraction of sp³-hybridized carbons (Fsp3) is 1.00. The first-order chi connectivity index (χ1) is 3.31. The Bertz CT molecular complexity index is 39.1. The first-order valence-corrected chi connectivity index (χ1v) is 4.07. The molecule has 1 unspecified atom stereocenters. The van der Waals surface area contributed by atoms with Gasteiger partial charge in [-0.3, -0.25) is 0 Å². The number of rotatable bonds is 3. The SMILES string of the molecule is CCC(O)CCI. The third-order valence-electron chi connectivity index (χ3n) is 0.914. The van der Waals surface area contributed by atoms with Crippen molar-refractivity contribution in [3.05, 3.63) is 0 Å². The maximum Gasteiger partial charge on any atom is 0.0545 e. The van der Waals surface area contributed by atoms with E-state index in [-0.39, 0.29) is 6.10 Å². The summed E-state index contributed by atoms with van der Waals surface area (Å²) in [6, 6.07) is 0. The topological polar surface area (TPSA) is 20.2 Å². The molecule has 0 aromatic rings. The van der Waals surface area contributed by atoms with Gasteiger partial charge in [-0.15, -0.1) is 0 Å². The van der Waals surface area contributed by atoms with Gasteiger partial charge in [0.25, 0.3) is 0 Å². The van der Waals surface area contributed by atoms with Gasteiger partial charge in [0.2, 0.25) is 0 Å². The number of aliphatic hydroxyl groups excluding tert-OH is 1. The van der Waals surface area contributed by atoms with Gasteiger partial charge in [0, 0.05) is 4.43 Å². The molecule has 1 atom stereocenters. The molecule has 0 saturated heterocycles. The number of alkyl halides is 1. The van der Waals surface area contributed by atoms with E-state index >= 15 is 0 Å². The molecular formula is C5H11IO. The van der Waals surface area contributed by atoms with E-state index in [4.69, 9.17) is 5.11 Å². The zero-order valence-electron chi connectivity index (χ0n) is 4.52. The molecule has 0 bridgehead atoms. The Morgan fingerprint density at radius 1 is 1.71 bits per heavy atom. The fourth-order valence-corrected chi connectivity index (χ4v) is 1.05. The van der Waals surface area contributed by atoms with Crippen LogP contribution >= 0.6 is 22.6 Å². The van der Waals surface area contributed by atoms with Crippen molar-refractivity contribution in [3.8, 4) is 0 Å². The van der Waals surface area contributed by atoms with E-state index in [0.29, 0.717) is 0 Å². The summed E-state index contributed by atoms with van der Waals surface area (Å²) in [5.74, 6) is 0. The Morgan fingerprint density at radius 2 is 2.29 bits per heavy atom. The van der Waals surface area contributed by atoms with Gasteiger partial charge in [-0.1, -0.05) is 29.5 Å². The molecule has 0 aromatic heterocycles. The smallest absolute Gasteiger partial charge is 0.0545 e. The maximum absolute atomic E-state index is 8.85. The zero-order valence-corrected chi connectivity index (χ0v) is 6.68. The molecule has 0 rings (SSSR count). The second kappa shape index (κ2) is 4.84. The van der Waals surface area contributed by atoms with Gasteiger partial charge in [-0.05, 0) is 12.8 Å². The lowest BCUT2D eigenvalue weighted by atomic mass is 10.2. The van der Waals surface area contributed by atoms with Crippen LogP contribution in [0.25, 0.3) is 0 Å². The van der Waals surface area contributed by atoms with E-state index < -0.39 is 0 Å². The van der Waals surface area contributed by atoms with E-state index in [1.165, 1.54) is 0 Å². The largest absolute Gasteiger partial charge is 0.393 e. The minimum Gasteiger partial charge on any atom is -0.393 e. The summed E-state index contributed by atoms with van der Waals surface area (Å²) < 4.78 is 1.06. The lowest BCUT2D eigenvalue weighted by molar-refractivity contribution is 0.168. The highest BCUT2D eigenvalue weighted by Crippen LogP contribution is 1.98. The van der Waals surface area contributed by atoms with Crippen molar-refractivity contribution in [1.82, 2.24) is 0 Å². The molecule has 0 heterocycles. The van der Waals surface area contributed by atoms with Crippen LogP contribution in [0.1, 0.15) is 19.8 Å². The van der Waals surface area contributed by atoms with Crippen LogP contribution in [-0.4, -0.2) is 15.6 Å². The molecule has 0 aliphatic heterocycles. The van der Waals surface area contributed by atoms with Crippen molar-refractivity contribution < 1.29 is 5.11 Å². The second-order valence-corrected chi connectivity index (χ2v) is 2.62. The normalized spacial score (nSPS) is 14.1. The number of hydrogen-bond acceptors (Lipinski definition) is 1. The van der Waals surface area contributed by atoms with E-state index in [0.717, 1.165) is 17.3 Å². The number of hydrogen-bond donors (Lipinski definition) is 1. The van der Waals surface area contributed by atoms with E-state index in [1.54, 1.807) is 0 Å². The van der Waals surface area contributed by atoms with Crippen LogP contribution in [0.4, 0.5) is 0 Å². The lowest BCUT2D eigenvalue weighted by Crippen LogP contribution is -2.03. The van der Waals surface area contributed by atoms with E-state index in [2.05, 4.69) is 22.6 Å². The van der Waals surface area contributed by atoms with Gasteiger partial charge in [0.15, 0.2) is 0 Å². The van der Waals surface area contributed by atoms with Crippen LogP contribution in [-0.2, 0) is 0 Å². The van der Waals surface area contributed by atoms with Crippen LogP contribution < -0.4 is 0 Å². The fourth-order valence-electron chi connectivity index (χ4n) is 0.330. The first-order valence-electron chi connectivity index (χ1n) is 2.55. The summed E-state index contributed by atoms with van der Waals surface area (Å²) >= 11 is 2.27. The minimum absolute atomic E-state index is 0.0584. The highest BCUT2D eigenvalue weighted by atomic mass is 127. The van der Waals surface area contributed by atoms with Crippen LogP contribution in [0, 0.1) is 0 Å². The maximum atomic E-state index is 8.85. The average molecular weight is 214 g/mol. The molecule has 1 N–H and O–H groups in total. The molecule has 1 nitrogen and oxygen atoms in total. The monoisotopic (exact) mass is 214 g/mol. The molecule has 2 heteroatoms. The van der Waals surface area contributed by atoms with Gasteiger partial charge >= 0.3 is 0 Å². The van der Waals surface area contributed by atoms with Crippen molar-refractivity contribution in [3.63, 3.8) is 0 Å². The Balaban J connectivity index is 2.83. The Morgan fingerprint density at radius 3 is 2.43 bits per heavy atom. The quantitative estimate of drug-likeness (QED) is 0.558. The van der Waals surface area contributed by atoms with Crippen molar-refractivity contribution in [2.75, 3.05) is 4.43 Å². The van der Waals surface area contributed by atoms with E-state index in [9.17, 15) is 0 Å². The van der Waals surface area contributed by atoms with Crippen molar-refractivity contribution in [2.45, 2.75) is 25.9 Å².